The lowest BCUT2D eigenvalue weighted by atomic mass is 10.1. The molecule has 6 nitrogen and oxygen atoms in total. The number of ketones is 1. The Hall–Kier alpha value is -3.90. The number of carbonyl (C=O) groups is 3. The lowest BCUT2D eigenvalue weighted by Crippen LogP contribution is -2.34. The van der Waals surface area contributed by atoms with Crippen LogP contribution in [0.15, 0.2) is 78.9 Å². The Morgan fingerprint density at radius 1 is 0.943 bits per heavy atom. The highest BCUT2D eigenvalue weighted by Crippen LogP contribution is 2.19. The summed E-state index contributed by atoms with van der Waals surface area (Å²) in [5.74, 6) is -0.0495. The Kier molecular flexibility index (Phi) is 9.21. The van der Waals surface area contributed by atoms with E-state index in [1.165, 1.54) is 6.08 Å². The fraction of sp³-hybridized carbons (Fsp3) is 0.179. The fourth-order valence-electron chi connectivity index (χ4n) is 3.36. The van der Waals surface area contributed by atoms with Crippen molar-refractivity contribution in [1.29, 1.82) is 0 Å². The molecule has 0 unspecified atom stereocenters. The smallest absolute Gasteiger partial charge is 0.260 e. The molecule has 0 saturated carbocycles. The molecule has 180 valence electrons. The third-order valence-corrected chi connectivity index (χ3v) is 5.64. The summed E-state index contributed by atoms with van der Waals surface area (Å²) in [6.45, 7) is 5.06. The summed E-state index contributed by atoms with van der Waals surface area (Å²) in [5.41, 5.74) is 2.22. The summed E-state index contributed by atoms with van der Waals surface area (Å²) >= 11 is 6.09. The molecule has 0 aliphatic carbocycles. The van der Waals surface area contributed by atoms with Gasteiger partial charge < -0.3 is 15.0 Å². The summed E-state index contributed by atoms with van der Waals surface area (Å²) in [6, 6.07) is 20.6. The Bertz CT molecular complexity index is 1220. The van der Waals surface area contributed by atoms with E-state index in [1.54, 1.807) is 77.7 Å². The molecule has 0 atom stereocenters. The van der Waals surface area contributed by atoms with E-state index in [-0.39, 0.29) is 24.2 Å². The molecule has 3 rings (SSSR count). The molecule has 2 amide bonds. The zero-order chi connectivity index (χ0) is 25.2. The topological polar surface area (TPSA) is 75.7 Å². The number of likely N-dealkylation sites (N-methyl/N-ethyl adjacent to an activating group) is 1. The SMILES string of the molecule is CCN(CC)C(=O)COc1ccc(C(=O)/C=C/c2cccc(NC(=O)c3ccccc3Cl)c2)cc1. The minimum atomic E-state index is -0.311. The van der Waals surface area contributed by atoms with E-state index >= 15 is 0 Å². The molecule has 1 N–H and O–H groups in total. The average molecular weight is 491 g/mol. The van der Waals surface area contributed by atoms with E-state index in [0.29, 0.717) is 40.7 Å². The molecule has 3 aromatic carbocycles. The molecular weight excluding hydrogens is 464 g/mol. The number of ether oxygens (including phenoxy) is 1. The molecule has 7 heteroatoms. The van der Waals surface area contributed by atoms with Crippen LogP contribution in [0.3, 0.4) is 0 Å². The van der Waals surface area contributed by atoms with E-state index < -0.39 is 0 Å². The van der Waals surface area contributed by atoms with Crippen LogP contribution in [0.2, 0.25) is 5.02 Å². The number of nitrogens with one attached hydrogen (secondary N) is 1. The highest BCUT2D eigenvalue weighted by atomic mass is 35.5. The predicted molar refractivity (Wildman–Crippen MR) is 139 cm³/mol. The van der Waals surface area contributed by atoms with Crippen LogP contribution >= 0.6 is 11.6 Å². The van der Waals surface area contributed by atoms with Gasteiger partial charge in [0.25, 0.3) is 11.8 Å². The zero-order valence-corrected chi connectivity index (χ0v) is 20.4. The van der Waals surface area contributed by atoms with Crippen LogP contribution in [0.4, 0.5) is 5.69 Å². The molecule has 35 heavy (non-hydrogen) atoms. The Labute approximate surface area is 210 Å². The van der Waals surface area contributed by atoms with Gasteiger partial charge in [0.1, 0.15) is 5.75 Å². The van der Waals surface area contributed by atoms with Gasteiger partial charge in [0.2, 0.25) is 0 Å². The molecule has 0 heterocycles. The second-order valence-electron chi connectivity index (χ2n) is 7.64. The van der Waals surface area contributed by atoms with Crippen molar-refractivity contribution >= 4 is 41.0 Å². The van der Waals surface area contributed by atoms with Crippen molar-refractivity contribution < 1.29 is 19.1 Å². The average Bonchev–Trinajstić information content (AvgIpc) is 2.87. The minimum Gasteiger partial charge on any atom is -0.484 e. The number of nitrogens with zero attached hydrogens (tertiary/aromatic N) is 1. The number of benzene rings is 3. The zero-order valence-electron chi connectivity index (χ0n) is 19.7. The third kappa shape index (κ3) is 7.29. The molecule has 0 bridgehead atoms. The van der Waals surface area contributed by atoms with Crippen LogP contribution in [0, 0.1) is 0 Å². The quantitative estimate of drug-likeness (QED) is 0.290. The fourth-order valence-corrected chi connectivity index (χ4v) is 3.58. The number of rotatable bonds is 10. The van der Waals surface area contributed by atoms with Crippen molar-refractivity contribution in [2.24, 2.45) is 0 Å². The van der Waals surface area contributed by atoms with Crippen molar-refractivity contribution in [2.75, 3.05) is 25.0 Å². The standard InChI is InChI=1S/C28H27ClN2O4/c1-3-31(4-2)27(33)19-35-23-15-13-21(14-16-23)26(32)17-12-20-8-7-9-22(18-20)30-28(34)24-10-5-6-11-25(24)29/h5-18H,3-4,19H2,1-2H3,(H,30,34)/b17-12+. The Morgan fingerprint density at radius 3 is 2.34 bits per heavy atom. The second-order valence-corrected chi connectivity index (χ2v) is 8.04. The van der Waals surface area contributed by atoms with Gasteiger partial charge in [0.05, 0.1) is 10.6 Å². The molecule has 0 fully saturated rings. The van der Waals surface area contributed by atoms with Crippen LogP contribution in [-0.2, 0) is 4.79 Å². The van der Waals surface area contributed by atoms with Gasteiger partial charge in [-0.2, -0.15) is 0 Å². The summed E-state index contributed by atoms with van der Waals surface area (Å²) < 4.78 is 5.54. The van der Waals surface area contributed by atoms with E-state index in [4.69, 9.17) is 16.3 Å². The predicted octanol–water partition coefficient (Wildman–Crippen LogP) is 5.74. The normalized spacial score (nSPS) is 10.7. The van der Waals surface area contributed by atoms with Crippen molar-refractivity contribution in [2.45, 2.75) is 13.8 Å². The van der Waals surface area contributed by atoms with Crippen LogP contribution in [0.25, 0.3) is 6.08 Å². The molecule has 3 aromatic rings. The van der Waals surface area contributed by atoms with Gasteiger partial charge in [-0.3, -0.25) is 14.4 Å². The Morgan fingerprint density at radius 2 is 1.66 bits per heavy atom. The number of halogens is 1. The third-order valence-electron chi connectivity index (χ3n) is 5.31. The van der Waals surface area contributed by atoms with Crippen LogP contribution in [0.5, 0.6) is 5.75 Å². The number of hydrogen-bond acceptors (Lipinski definition) is 4. The molecule has 0 spiro atoms. The van der Waals surface area contributed by atoms with Crippen molar-refractivity contribution in [3.63, 3.8) is 0 Å². The van der Waals surface area contributed by atoms with Gasteiger partial charge in [-0.05, 0) is 74.0 Å². The number of allylic oxidation sites excluding steroid dienone is 1. The summed E-state index contributed by atoms with van der Waals surface area (Å²) in [4.78, 5) is 38.8. The first-order chi connectivity index (χ1) is 16.9. The maximum atomic E-state index is 12.6. The minimum absolute atomic E-state index is 0.0434. The summed E-state index contributed by atoms with van der Waals surface area (Å²) in [7, 11) is 0. The van der Waals surface area contributed by atoms with E-state index in [9.17, 15) is 14.4 Å². The Balaban J connectivity index is 1.59. The van der Waals surface area contributed by atoms with E-state index in [2.05, 4.69) is 5.32 Å². The van der Waals surface area contributed by atoms with Gasteiger partial charge in [-0.1, -0.05) is 41.9 Å². The molecule has 0 saturated heterocycles. The lowest BCUT2D eigenvalue weighted by Gasteiger charge is -2.18. The van der Waals surface area contributed by atoms with Crippen molar-refractivity contribution in [3.8, 4) is 5.75 Å². The summed E-state index contributed by atoms with van der Waals surface area (Å²) in [5, 5.41) is 3.19. The number of anilines is 1. The number of amides is 2. The van der Waals surface area contributed by atoms with Gasteiger partial charge in [-0.25, -0.2) is 0 Å². The maximum absolute atomic E-state index is 12.6. The number of hydrogen-bond donors (Lipinski definition) is 1. The molecular formula is C28H27ClN2O4. The van der Waals surface area contributed by atoms with Crippen LogP contribution in [0.1, 0.15) is 40.1 Å². The first-order valence-corrected chi connectivity index (χ1v) is 11.7. The highest BCUT2D eigenvalue weighted by molar-refractivity contribution is 6.34. The van der Waals surface area contributed by atoms with Crippen molar-refractivity contribution in [3.05, 3.63) is 101 Å². The van der Waals surface area contributed by atoms with Gasteiger partial charge in [0.15, 0.2) is 12.4 Å². The monoisotopic (exact) mass is 490 g/mol. The molecule has 0 aromatic heterocycles. The van der Waals surface area contributed by atoms with Gasteiger partial charge in [0, 0.05) is 24.3 Å². The van der Waals surface area contributed by atoms with Gasteiger partial charge >= 0.3 is 0 Å². The first kappa shape index (κ1) is 25.7. The highest BCUT2D eigenvalue weighted by Gasteiger charge is 2.11. The van der Waals surface area contributed by atoms with Crippen LogP contribution < -0.4 is 10.1 Å². The number of carbonyl (C=O) groups excluding carboxylic acids is 3. The van der Waals surface area contributed by atoms with E-state index in [0.717, 1.165) is 5.56 Å². The molecule has 0 aliphatic rings. The van der Waals surface area contributed by atoms with E-state index in [1.807, 2.05) is 19.9 Å². The maximum Gasteiger partial charge on any atom is 0.260 e. The lowest BCUT2D eigenvalue weighted by molar-refractivity contribution is -0.132. The second kappa shape index (κ2) is 12.5. The largest absolute Gasteiger partial charge is 0.484 e. The van der Waals surface area contributed by atoms with Crippen molar-refractivity contribution in [1.82, 2.24) is 4.90 Å². The first-order valence-electron chi connectivity index (χ1n) is 11.3. The van der Waals surface area contributed by atoms with Crippen LogP contribution in [-0.4, -0.2) is 42.2 Å². The molecule has 0 aliphatic heterocycles. The molecule has 0 radical (unpaired) electrons. The summed E-state index contributed by atoms with van der Waals surface area (Å²) in [6.07, 6.45) is 3.15. The van der Waals surface area contributed by atoms with Gasteiger partial charge in [-0.15, -0.1) is 0 Å².